The number of aryl methyl sites for hydroxylation is 1. The fourth-order valence-corrected chi connectivity index (χ4v) is 1.38. The second kappa shape index (κ2) is 4.24. The Balaban J connectivity index is 3.22. The van der Waals surface area contributed by atoms with Crippen molar-refractivity contribution >= 4 is 0 Å². The van der Waals surface area contributed by atoms with Gasteiger partial charge < -0.3 is 10.5 Å². The molecule has 86 valence electrons. The molecule has 1 aromatic rings. The minimum absolute atomic E-state index is 0.120. The molecule has 1 atom stereocenters. The molecule has 0 amide bonds. The van der Waals surface area contributed by atoms with Crippen molar-refractivity contribution in [3.63, 3.8) is 0 Å². The molecular formula is C9H15F2N3O. The third-order valence-electron chi connectivity index (χ3n) is 2.47. The van der Waals surface area contributed by atoms with Crippen LogP contribution in [0.15, 0.2) is 6.20 Å². The van der Waals surface area contributed by atoms with E-state index < -0.39 is 12.0 Å². The van der Waals surface area contributed by atoms with Gasteiger partial charge in [0.05, 0.1) is 0 Å². The van der Waals surface area contributed by atoms with Crippen LogP contribution < -0.4 is 5.73 Å². The minimum Gasteiger partial charge on any atom is -0.372 e. The van der Waals surface area contributed by atoms with Crippen molar-refractivity contribution in [1.29, 1.82) is 0 Å². The highest BCUT2D eigenvalue weighted by atomic mass is 19.3. The molecule has 1 heterocycles. The van der Waals surface area contributed by atoms with Crippen LogP contribution in [-0.4, -0.2) is 23.4 Å². The van der Waals surface area contributed by atoms with E-state index in [1.807, 2.05) is 0 Å². The van der Waals surface area contributed by atoms with Gasteiger partial charge >= 0.3 is 0 Å². The summed E-state index contributed by atoms with van der Waals surface area (Å²) >= 11 is 0. The molecule has 0 aliphatic rings. The molecule has 6 heteroatoms. The first-order chi connectivity index (χ1) is 6.94. The molecule has 0 fully saturated rings. The normalized spacial score (nSPS) is 15.7. The summed E-state index contributed by atoms with van der Waals surface area (Å²) in [6.07, 6.45) is -1.11. The van der Waals surface area contributed by atoms with E-state index in [1.165, 1.54) is 18.0 Å². The van der Waals surface area contributed by atoms with E-state index in [2.05, 4.69) is 5.10 Å². The van der Waals surface area contributed by atoms with Gasteiger partial charge in [0.15, 0.2) is 0 Å². The lowest BCUT2D eigenvalue weighted by molar-refractivity contribution is 0.00624. The maximum Gasteiger partial charge on any atom is 0.282 e. The van der Waals surface area contributed by atoms with Crippen molar-refractivity contribution in [1.82, 2.24) is 9.78 Å². The van der Waals surface area contributed by atoms with Gasteiger partial charge in [-0.15, -0.1) is 0 Å². The number of hydrogen-bond donors (Lipinski definition) is 1. The van der Waals surface area contributed by atoms with E-state index in [-0.39, 0.29) is 12.2 Å². The number of methoxy groups -OCH3 is 1. The number of hydrogen-bond acceptors (Lipinski definition) is 3. The largest absolute Gasteiger partial charge is 0.372 e. The fourth-order valence-electron chi connectivity index (χ4n) is 1.38. The molecule has 0 aliphatic carbocycles. The van der Waals surface area contributed by atoms with Crippen molar-refractivity contribution < 1.29 is 13.5 Å². The number of ether oxygens (including phenoxy) is 1. The van der Waals surface area contributed by atoms with Gasteiger partial charge in [-0.2, -0.15) is 5.10 Å². The first kappa shape index (κ1) is 12.1. The SMILES string of the molecule is COC(C)(CN)c1cn(C)nc1C(F)F. The van der Waals surface area contributed by atoms with E-state index in [1.54, 1.807) is 14.0 Å². The molecule has 4 nitrogen and oxygen atoms in total. The van der Waals surface area contributed by atoms with Crippen LogP contribution >= 0.6 is 0 Å². The third kappa shape index (κ3) is 2.15. The summed E-state index contributed by atoms with van der Waals surface area (Å²) < 4.78 is 31.8. The number of aromatic nitrogens is 2. The molecule has 1 unspecified atom stereocenters. The highest BCUT2D eigenvalue weighted by molar-refractivity contribution is 5.25. The summed E-state index contributed by atoms with van der Waals surface area (Å²) in [5.74, 6) is 0. The van der Waals surface area contributed by atoms with Crippen LogP contribution in [0.2, 0.25) is 0 Å². The van der Waals surface area contributed by atoms with Crippen molar-refractivity contribution in [3.05, 3.63) is 17.5 Å². The van der Waals surface area contributed by atoms with E-state index in [0.29, 0.717) is 5.56 Å². The van der Waals surface area contributed by atoms with Crippen LogP contribution in [-0.2, 0) is 17.4 Å². The van der Waals surface area contributed by atoms with Crippen LogP contribution in [0, 0.1) is 0 Å². The van der Waals surface area contributed by atoms with Crippen molar-refractivity contribution in [3.8, 4) is 0 Å². The van der Waals surface area contributed by atoms with Crippen LogP contribution in [0.4, 0.5) is 8.78 Å². The molecule has 0 radical (unpaired) electrons. The summed E-state index contributed by atoms with van der Waals surface area (Å²) in [5.41, 5.74) is 4.67. The van der Waals surface area contributed by atoms with Gasteiger partial charge in [0.25, 0.3) is 6.43 Å². The highest BCUT2D eigenvalue weighted by Gasteiger charge is 2.32. The average Bonchev–Trinajstić information content (AvgIpc) is 2.60. The van der Waals surface area contributed by atoms with Gasteiger partial charge in [0.2, 0.25) is 0 Å². The Morgan fingerprint density at radius 1 is 1.67 bits per heavy atom. The molecule has 1 aromatic heterocycles. The zero-order valence-corrected chi connectivity index (χ0v) is 9.00. The Morgan fingerprint density at radius 3 is 2.67 bits per heavy atom. The number of rotatable bonds is 4. The van der Waals surface area contributed by atoms with Crippen LogP contribution in [0.3, 0.4) is 0 Å². The predicted molar refractivity (Wildman–Crippen MR) is 51.6 cm³/mol. The summed E-state index contributed by atoms with van der Waals surface area (Å²) in [6, 6.07) is 0. The summed E-state index contributed by atoms with van der Waals surface area (Å²) in [5, 5.41) is 3.70. The van der Waals surface area contributed by atoms with Gasteiger partial charge in [-0.05, 0) is 6.92 Å². The smallest absolute Gasteiger partial charge is 0.282 e. The van der Waals surface area contributed by atoms with Crippen LogP contribution in [0.5, 0.6) is 0 Å². The first-order valence-electron chi connectivity index (χ1n) is 4.52. The molecule has 0 saturated carbocycles. The van der Waals surface area contributed by atoms with Gasteiger partial charge in [0, 0.05) is 32.5 Å². The topological polar surface area (TPSA) is 53.1 Å². The Morgan fingerprint density at radius 2 is 2.27 bits per heavy atom. The van der Waals surface area contributed by atoms with Gasteiger partial charge in [-0.25, -0.2) is 8.78 Å². The third-order valence-corrected chi connectivity index (χ3v) is 2.47. The Hall–Kier alpha value is -1.01. The van der Waals surface area contributed by atoms with Crippen LogP contribution in [0.1, 0.15) is 24.6 Å². The Bertz CT molecular complexity index is 334. The average molecular weight is 219 g/mol. The molecule has 2 N–H and O–H groups in total. The van der Waals surface area contributed by atoms with Gasteiger partial charge in [0.1, 0.15) is 11.3 Å². The van der Waals surface area contributed by atoms with Gasteiger partial charge in [-0.1, -0.05) is 0 Å². The molecule has 15 heavy (non-hydrogen) atoms. The standard InChI is InChI=1S/C9H15F2N3O/c1-9(5-12,15-3)6-4-14(2)13-7(6)8(10)11/h4,8H,5,12H2,1-3H3. The van der Waals surface area contributed by atoms with Crippen molar-refractivity contribution in [2.24, 2.45) is 12.8 Å². The molecular weight excluding hydrogens is 204 g/mol. The molecule has 0 aromatic carbocycles. The lowest BCUT2D eigenvalue weighted by atomic mass is 9.96. The minimum atomic E-state index is -2.62. The number of halogens is 2. The molecule has 0 spiro atoms. The zero-order chi connectivity index (χ0) is 11.6. The number of alkyl halides is 2. The summed E-state index contributed by atoms with van der Waals surface area (Å²) in [6.45, 7) is 1.78. The summed E-state index contributed by atoms with van der Waals surface area (Å²) in [4.78, 5) is 0. The lowest BCUT2D eigenvalue weighted by Crippen LogP contribution is -2.34. The monoisotopic (exact) mass is 219 g/mol. The quantitative estimate of drug-likeness (QED) is 0.827. The highest BCUT2D eigenvalue weighted by Crippen LogP contribution is 2.31. The molecule has 0 aliphatic heterocycles. The van der Waals surface area contributed by atoms with Crippen LogP contribution in [0.25, 0.3) is 0 Å². The molecule has 0 saturated heterocycles. The maximum atomic E-state index is 12.7. The second-order valence-corrected chi connectivity index (χ2v) is 3.54. The number of nitrogens with two attached hydrogens (primary N) is 1. The zero-order valence-electron chi connectivity index (χ0n) is 9.00. The second-order valence-electron chi connectivity index (χ2n) is 3.54. The van der Waals surface area contributed by atoms with E-state index >= 15 is 0 Å². The lowest BCUT2D eigenvalue weighted by Gasteiger charge is -2.26. The van der Waals surface area contributed by atoms with E-state index in [4.69, 9.17) is 10.5 Å². The Labute approximate surface area is 87.0 Å². The summed E-state index contributed by atoms with van der Waals surface area (Å²) in [7, 11) is 3.02. The molecule has 1 rings (SSSR count). The first-order valence-corrected chi connectivity index (χ1v) is 4.52. The van der Waals surface area contributed by atoms with Crippen molar-refractivity contribution in [2.75, 3.05) is 13.7 Å². The van der Waals surface area contributed by atoms with Crippen molar-refractivity contribution in [2.45, 2.75) is 19.0 Å². The molecule has 0 bridgehead atoms. The predicted octanol–water partition coefficient (Wildman–Crippen LogP) is 1.18. The maximum absolute atomic E-state index is 12.7. The van der Waals surface area contributed by atoms with E-state index in [0.717, 1.165) is 0 Å². The fraction of sp³-hybridized carbons (Fsp3) is 0.667. The van der Waals surface area contributed by atoms with E-state index in [9.17, 15) is 8.78 Å². The Kier molecular flexibility index (Phi) is 3.41. The number of nitrogens with zero attached hydrogens (tertiary/aromatic N) is 2. The van der Waals surface area contributed by atoms with Gasteiger partial charge in [-0.3, -0.25) is 4.68 Å².